The molecule has 9 nitrogen and oxygen atoms in total. The maximum atomic E-state index is 12.9. The molecule has 1 fully saturated rings. The maximum absolute atomic E-state index is 12.9. The Morgan fingerprint density at radius 2 is 0.969 bits per heavy atom. The molecule has 0 aliphatic carbocycles. The summed E-state index contributed by atoms with van der Waals surface area (Å²) in [6, 6.07) is -0.814. The molecule has 364 valence electrons. The Labute approximate surface area is 389 Å². The number of unbranched alkanes of at least 4 members (excludes halogenated alkanes) is 14. The number of amides is 1. The van der Waals surface area contributed by atoms with Gasteiger partial charge in [0.15, 0.2) is 6.29 Å². The van der Waals surface area contributed by atoms with Crippen LogP contribution < -0.4 is 5.32 Å². The largest absolute Gasteiger partial charge is 0.394 e. The average Bonchev–Trinajstić information content (AvgIpc) is 3.29. The molecule has 9 heteroatoms. The molecule has 1 amide bonds. The zero-order valence-corrected chi connectivity index (χ0v) is 40.0. The summed E-state index contributed by atoms with van der Waals surface area (Å²) in [5, 5.41) is 54.0. The second-order valence-electron chi connectivity index (χ2n) is 16.9. The van der Waals surface area contributed by atoms with E-state index in [9.17, 15) is 30.3 Å². The number of aliphatic hydroxyl groups excluding tert-OH is 5. The van der Waals surface area contributed by atoms with Crippen LogP contribution in [0.4, 0.5) is 0 Å². The number of hydrogen-bond donors (Lipinski definition) is 6. The summed E-state index contributed by atoms with van der Waals surface area (Å²) in [5.41, 5.74) is 0. The number of allylic oxidation sites excluding steroid dienone is 17. The average molecular weight is 894 g/mol. The Kier molecular flexibility index (Phi) is 40.2. The van der Waals surface area contributed by atoms with Crippen LogP contribution in [0.3, 0.4) is 0 Å². The van der Waals surface area contributed by atoms with Gasteiger partial charge in [-0.3, -0.25) is 4.79 Å². The van der Waals surface area contributed by atoms with Gasteiger partial charge in [-0.1, -0.05) is 194 Å². The van der Waals surface area contributed by atoms with Crippen molar-refractivity contribution in [2.45, 2.75) is 217 Å². The van der Waals surface area contributed by atoms with E-state index in [4.69, 9.17) is 9.47 Å². The summed E-state index contributed by atoms with van der Waals surface area (Å²) >= 11 is 0. The first-order valence-corrected chi connectivity index (χ1v) is 25.1. The molecule has 7 unspecified atom stereocenters. The summed E-state index contributed by atoms with van der Waals surface area (Å²) < 4.78 is 11.2. The summed E-state index contributed by atoms with van der Waals surface area (Å²) in [6.07, 6.45) is 57.3. The van der Waals surface area contributed by atoms with Crippen molar-refractivity contribution in [3.63, 3.8) is 0 Å². The van der Waals surface area contributed by atoms with Gasteiger partial charge in [0.1, 0.15) is 24.4 Å². The fraction of sp³-hybridized carbons (Fsp3) is 0.655. The molecular weight excluding hydrogens is 803 g/mol. The van der Waals surface area contributed by atoms with Crippen LogP contribution in [0.25, 0.3) is 0 Å². The van der Waals surface area contributed by atoms with Gasteiger partial charge >= 0.3 is 0 Å². The first-order valence-electron chi connectivity index (χ1n) is 25.1. The predicted octanol–water partition coefficient (Wildman–Crippen LogP) is 11.4. The van der Waals surface area contributed by atoms with Gasteiger partial charge in [-0.05, 0) is 83.5 Å². The molecule has 6 N–H and O–H groups in total. The van der Waals surface area contributed by atoms with Crippen molar-refractivity contribution < 1.29 is 39.8 Å². The lowest BCUT2D eigenvalue weighted by Crippen LogP contribution is -2.60. The van der Waals surface area contributed by atoms with Gasteiger partial charge in [-0.2, -0.15) is 0 Å². The number of aliphatic hydroxyl groups is 5. The number of rotatable bonds is 40. The van der Waals surface area contributed by atoms with E-state index in [0.717, 1.165) is 103 Å². The zero-order valence-electron chi connectivity index (χ0n) is 40.0. The fourth-order valence-corrected chi connectivity index (χ4v) is 7.11. The minimum absolute atomic E-state index is 0.195. The Hall–Kier alpha value is -3.15. The highest BCUT2D eigenvalue weighted by Gasteiger charge is 2.44. The summed E-state index contributed by atoms with van der Waals surface area (Å²) in [4.78, 5) is 12.9. The molecule has 0 aromatic rings. The van der Waals surface area contributed by atoms with Gasteiger partial charge in [-0.15, -0.1) is 0 Å². The Morgan fingerprint density at radius 1 is 0.547 bits per heavy atom. The number of nitrogens with one attached hydrogen (secondary N) is 1. The second kappa shape index (κ2) is 43.7. The molecule has 64 heavy (non-hydrogen) atoms. The highest BCUT2D eigenvalue weighted by molar-refractivity contribution is 5.76. The maximum Gasteiger partial charge on any atom is 0.220 e. The van der Waals surface area contributed by atoms with Gasteiger partial charge in [0.25, 0.3) is 0 Å². The molecule has 1 heterocycles. The van der Waals surface area contributed by atoms with Crippen LogP contribution in [0.1, 0.15) is 174 Å². The van der Waals surface area contributed by atoms with Crippen LogP contribution in [0.15, 0.2) is 109 Å². The van der Waals surface area contributed by atoms with Gasteiger partial charge in [-0.25, -0.2) is 0 Å². The van der Waals surface area contributed by atoms with E-state index in [-0.39, 0.29) is 12.5 Å². The predicted molar refractivity (Wildman–Crippen MR) is 267 cm³/mol. The number of ether oxygens (including phenoxy) is 2. The Bertz CT molecular complexity index is 1360. The topological polar surface area (TPSA) is 149 Å². The third-order valence-electron chi connectivity index (χ3n) is 11.1. The minimum atomic E-state index is -1.57. The minimum Gasteiger partial charge on any atom is -0.394 e. The van der Waals surface area contributed by atoms with Gasteiger partial charge in [0.2, 0.25) is 5.91 Å². The van der Waals surface area contributed by atoms with Crippen LogP contribution in [-0.2, 0) is 14.3 Å². The molecule has 0 aromatic heterocycles. The van der Waals surface area contributed by atoms with Crippen molar-refractivity contribution in [1.82, 2.24) is 5.32 Å². The molecule has 1 aliphatic rings. The molecule has 0 spiro atoms. The Balaban J connectivity index is 2.17. The number of hydrogen-bond acceptors (Lipinski definition) is 8. The van der Waals surface area contributed by atoms with Crippen LogP contribution in [-0.4, -0.2) is 87.5 Å². The SMILES string of the molecule is CC/C=C\C/C=C\C/C=C\C/C=C\C/C=C\C/C=C\C/C=C\C/C=C\CCCCCCCCCCC(=O)NC(COC1OC(CO)C(O)C(O)C1O)C(O)/C=C/CCCCCCCC. The van der Waals surface area contributed by atoms with E-state index < -0.39 is 49.5 Å². The first kappa shape index (κ1) is 58.9. The normalized spacial score (nSPS) is 21.0. The molecule has 0 saturated carbocycles. The standard InChI is InChI=1S/C55H91NO8/c1-3-5-7-9-11-13-14-15-16-17-18-19-20-21-22-23-24-25-26-27-28-29-30-31-32-33-34-35-36-37-39-41-43-45-51(59)56-48(49(58)44-42-40-38-12-10-8-6-4-2)47-63-55-54(62)53(61)52(60)50(46-57)64-55/h5,7,11,13,15-16,18-19,21-22,24-25,27-28,30-31,42,44,48-50,52-55,57-58,60-62H,3-4,6,8-10,12,14,17,20,23,26,29,32-41,43,45-47H2,1-2H3,(H,56,59)/b7-5-,13-11-,16-15-,19-18-,22-21-,25-24-,28-27-,31-30-,44-42+. The van der Waals surface area contributed by atoms with Crippen LogP contribution in [0, 0.1) is 0 Å². The summed E-state index contributed by atoms with van der Waals surface area (Å²) in [5.74, 6) is -0.195. The van der Waals surface area contributed by atoms with Crippen molar-refractivity contribution in [3.05, 3.63) is 109 Å². The molecule has 0 aromatic carbocycles. The zero-order chi connectivity index (χ0) is 46.6. The third kappa shape index (κ3) is 33.3. The lowest BCUT2D eigenvalue weighted by molar-refractivity contribution is -0.302. The van der Waals surface area contributed by atoms with E-state index in [2.05, 4.69) is 116 Å². The van der Waals surface area contributed by atoms with Crippen molar-refractivity contribution in [2.24, 2.45) is 0 Å². The van der Waals surface area contributed by atoms with E-state index in [1.807, 2.05) is 6.08 Å². The quantitative estimate of drug-likeness (QED) is 0.0263. The van der Waals surface area contributed by atoms with Crippen molar-refractivity contribution in [2.75, 3.05) is 13.2 Å². The molecule has 1 saturated heterocycles. The van der Waals surface area contributed by atoms with Gasteiger partial charge < -0.3 is 40.3 Å². The molecule has 0 radical (unpaired) electrons. The van der Waals surface area contributed by atoms with E-state index in [0.29, 0.717) is 6.42 Å². The van der Waals surface area contributed by atoms with E-state index in [1.165, 1.54) is 51.4 Å². The first-order chi connectivity index (χ1) is 31.3. The van der Waals surface area contributed by atoms with Gasteiger partial charge in [0.05, 0.1) is 25.4 Å². The number of carbonyl (C=O) groups excluding carboxylic acids is 1. The van der Waals surface area contributed by atoms with E-state index in [1.54, 1.807) is 6.08 Å². The monoisotopic (exact) mass is 894 g/mol. The number of carbonyl (C=O) groups is 1. The molecule has 1 rings (SSSR count). The van der Waals surface area contributed by atoms with Crippen molar-refractivity contribution in [3.8, 4) is 0 Å². The van der Waals surface area contributed by atoms with Crippen molar-refractivity contribution in [1.29, 1.82) is 0 Å². The molecule has 0 bridgehead atoms. The van der Waals surface area contributed by atoms with Crippen LogP contribution in [0.5, 0.6) is 0 Å². The summed E-state index contributed by atoms with van der Waals surface area (Å²) in [6.45, 7) is 3.58. The lowest BCUT2D eigenvalue weighted by atomic mass is 9.99. The second-order valence-corrected chi connectivity index (χ2v) is 16.9. The Morgan fingerprint density at radius 3 is 1.44 bits per heavy atom. The molecular formula is C55H91NO8. The van der Waals surface area contributed by atoms with Gasteiger partial charge in [0, 0.05) is 6.42 Å². The highest BCUT2D eigenvalue weighted by atomic mass is 16.7. The van der Waals surface area contributed by atoms with Crippen molar-refractivity contribution >= 4 is 5.91 Å². The molecule has 1 aliphatic heterocycles. The molecule has 7 atom stereocenters. The van der Waals surface area contributed by atoms with E-state index >= 15 is 0 Å². The summed E-state index contributed by atoms with van der Waals surface area (Å²) in [7, 11) is 0. The van der Waals surface area contributed by atoms with Crippen LogP contribution >= 0.6 is 0 Å². The fourth-order valence-electron chi connectivity index (χ4n) is 7.11. The van der Waals surface area contributed by atoms with Crippen LogP contribution in [0.2, 0.25) is 0 Å². The lowest BCUT2D eigenvalue weighted by Gasteiger charge is -2.40. The highest BCUT2D eigenvalue weighted by Crippen LogP contribution is 2.22. The smallest absolute Gasteiger partial charge is 0.220 e. The third-order valence-corrected chi connectivity index (χ3v) is 11.1.